The summed E-state index contributed by atoms with van der Waals surface area (Å²) >= 11 is 0. The molecule has 1 unspecified atom stereocenters. The van der Waals surface area contributed by atoms with Crippen LogP contribution in [-0.4, -0.2) is 68.4 Å². The first-order valence-corrected chi connectivity index (χ1v) is 5.07. The van der Waals surface area contributed by atoms with Crippen LogP contribution in [0, 0.1) is 0 Å². The van der Waals surface area contributed by atoms with Gasteiger partial charge in [-0.1, -0.05) is 0 Å². The maximum absolute atomic E-state index is 9.97. The van der Waals surface area contributed by atoms with Gasteiger partial charge in [0.25, 0.3) is 0 Å². The van der Waals surface area contributed by atoms with E-state index in [-0.39, 0.29) is 13.0 Å². The largest absolute Gasteiger partial charge is 0.396 e. The second kappa shape index (κ2) is 4.53. The van der Waals surface area contributed by atoms with Crippen molar-refractivity contribution in [1.29, 1.82) is 0 Å². The number of hydrogen-bond donors (Lipinski definition) is 6. The monoisotopic (exact) mass is 237 g/mol. The molecular formula is C9H19NO6. The molecular weight excluding hydrogens is 218 g/mol. The molecule has 0 aliphatic carbocycles. The number of rotatable bonds is 3. The Morgan fingerprint density at radius 2 is 1.88 bits per heavy atom. The zero-order chi connectivity index (χ0) is 12.6. The van der Waals surface area contributed by atoms with Crippen LogP contribution in [0.1, 0.15) is 13.3 Å². The highest BCUT2D eigenvalue weighted by Crippen LogP contribution is 2.36. The molecule has 1 saturated heterocycles. The van der Waals surface area contributed by atoms with Crippen LogP contribution >= 0.6 is 0 Å². The van der Waals surface area contributed by atoms with Crippen LogP contribution in [0.4, 0.5) is 0 Å². The number of ether oxygens (including phenoxy) is 1. The Kier molecular flexibility index (Phi) is 3.91. The van der Waals surface area contributed by atoms with Gasteiger partial charge in [0, 0.05) is 6.61 Å². The predicted molar refractivity (Wildman–Crippen MR) is 53.2 cm³/mol. The lowest BCUT2D eigenvalue weighted by molar-refractivity contribution is -0.336. The first-order valence-electron chi connectivity index (χ1n) is 5.07. The molecule has 1 fully saturated rings. The van der Waals surface area contributed by atoms with Crippen LogP contribution in [0.3, 0.4) is 0 Å². The quantitative estimate of drug-likeness (QED) is 0.305. The van der Waals surface area contributed by atoms with Gasteiger partial charge in [0.1, 0.15) is 23.9 Å². The van der Waals surface area contributed by atoms with Crippen molar-refractivity contribution < 1.29 is 30.3 Å². The summed E-state index contributed by atoms with van der Waals surface area (Å²) in [7, 11) is 0. The Morgan fingerprint density at radius 1 is 1.31 bits per heavy atom. The zero-order valence-electron chi connectivity index (χ0n) is 9.08. The topological polar surface area (TPSA) is 136 Å². The van der Waals surface area contributed by atoms with Crippen LogP contribution in [-0.2, 0) is 4.74 Å². The van der Waals surface area contributed by atoms with Gasteiger partial charge in [-0.2, -0.15) is 0 Å². The molecule has 96 valence electrons. The summed E-state index contributed by atoms with van der Waals surface area (Å²) in [6.45, 7) is 0.299. The van der Waals surface area contributed by atoms with Crippen molar-refractivity contribution in [1.82, 2.24) is 0 Å². The first kappa shape index (κ1) is 13.8. The van der Waals surface area contributed by atoms with Crippen molar-refractivity contribution in [2.75, 3.05) is 13.2 Å². The maximum Gasteiger partial charge on any atom is 0.184 e. The minimum absolute atomic E-state index is 0.142. The van der Waals surface area contributed by atoms with Crippen LogP contribution in [0.25, 0.3) is 0 Å². The fraction of sp³-hybridized carbons (Fsp3) is 1.00. The fourth-order valence-electron chi connectivity index (χ4n) is 1.97. The van der Waals surface area contributed by atoms with Crippen molar-refractivity contribution in [2.24, 2.45) is 5.73 Å². The molecule has 0 saturated carbocycles. The summed E-state index contributed by atoms with van der Waals surface area (Å²) in [5.41, 5.74) is 4.08. The summed E-state index contributed by atoms with van der Waals surface area (Å²) in [6, 6.07) is 0. The molecule has 1 heterocycles. The van der Waals surface area contributed by atoms with E-state index in [1.165, 1.54) is 6.92 Å². The van der Waals surface area contributed by atoms with Crippen LogP contribution in [0.2, 0.25) is 0 Å². The van der Waals surface area contributed by atoms with Crippen molar-refractivity contribution in [3.63, 3.8) is 0 Å². The minimum atomic E-state index is -1.94. The zero-order valence-corrected chi connectivity index (χ0v) is 9.08. The van der Waals surface area contributed by atoms with Crippen LogP contribution in [0.5, 0.6) is 0 Å². The average Bonchev–Trinajstić information content (AvgIpc) is 2.22. The molecule has 16 heavy (non-hydrogen) atoms. The highest BCUT2D eigenvalue weighted by Gasteiger charge is 2.58. The highest BCUT2D eigenvalue weighted by atomic mass is 16.6. The summed E-state index contributed by atoms with van der Waals surface area (Å²) in [4.78, 5) is 0. The highest BCUT2D eigenvalue weighted by molar-refractivity contribution is 5.08. The van der Waals surface area contributed by atoms with Gasteiger partial charge in [0.2, 0.25) is 0 Å². The van der Waals surface area contributed by atoms with E-state index in [9.17, 15) is 15.3 Å². The Hall–Kier alpha value is -0.280. The molecule has 7 heteroatoms. The Balaban J connectivity index is 3.00. The number of nitrogens with two attached hydrogens (primary N) is 1. The fourth-order valence-corrected chi connectivity index (χ4v) is 1.97. The van der Waals surface area contributed by atoms with E-state index in [2.05, 4.69) is 0 Å². The molecule has 0 aromatic heterocycles. The van der Waals surface area contributed by atoms with Crippen molar-refractivity contribution >= 4 is 0 Å². The third-order valence-electron chi connectivity index (χ3n) is 3.18. The Morgan fingerprint density at radius 3 is 2.31 bits per heavy atom. The second-order valence-corrected chi connectivity index (χ2v) is 4.27. The summed E-state index contributed by atoms with van der Waals surface area (Å²) < 4.78 is 5.03. The number of hydrogen-bond acceptors (Lipinski definition) is 7. The second-order valence-electron chi connectivity index (χ2n) is 4.27. The van der Waals surface area contributed by atoms with Gasteiger partial charge >= 0.3 is 0 Å². The van der Waals surface area contributed by atoms with Crippen LogP contribution < -0.4 is 5.73 Å². The van der Waals surface area contributed by atoms with Gasteiger partial charge in [-0.25, -0.2) is 0 Å². The third kappa shape index (κ3) is 1.95. The Bertz CT molecular complexity index is 248. The van der Waals surface area contributed by atoms with Gasteiger partial charge in [-0.15, -0.1) is 0 Å². The van der Waals surface area contributed by atoms with Gasteiger partial charge in [-0.05, 0) is 13.3 Å². The van der Waals surface area contributed by atoms with Crippen molar-refractivity contribution in [3.05, 3.63) is 0 Å². The summed E-state index contributed by atoms with van der Waals surface area (Å²) in [5, 5.41) is 47.2. The molecule has 0 aromatic carbocycles. The molecule has 7 N–H and O–H groups in total. The molecule has 0 spiro atoms. The van der Waals surface area contributed by atoms with E-state index in [1.807, 2.05) is 0 Å². The van der Waals surface area contributed by atoms with Crippen molar-refractivity contribution in [2.45, 2.75) is 43.0 Å². The summed E-state index contributed by atoms with van der Waals surface area (Å²) in [5.74, 6) is -1.94. The van der Waals surface area contributed by atoms with E-state index in [0.717, 1.165) is 0 Å². The summed E-state index contributed by atoms with van der Waals surface area (Å²) in [6.07, 6.45) is -4.17. The SMILES string of the molecule is CC1(O)O[C@H](CO)[C@@H](O)[C@H](O)[C@]1(N)CCO. The molecule has 1 aliphatic rings. The van der Waals surface area contributed by atoms with Gasteiger partial charge in [-0.3, -0.25) is 0 Å². The lowest BCUT2D eigenvalue weighted by atomic mass is 9.76. The molecule has 7 nitrogen and oxygen atoms in total. The average molecular weight is 237 g/mol. The molecule has 1 rings (SSSR count). The molecule has 1 aliphatic heterocycles. The first-order chi connectivity index (χ1) is 7.30. The molecule has 5 atom stereocenters. The van der Waals surface area contributed by atoms with Gasteiger partial charge in [0.05, 0.1) is 6.61 Å². The van der Waals surface area contributed by atoms with Crippen LogP contribution in [0.15, 0.2) is 0 Å². The minimum Gasteiger partial charge on any atom is -0.396 e. The molecule has 0 aromatic rings. The van der Waals surface area contributed by atoms with E-state index in [4.69, 9.17) is 20.7 Å². The molecule has 0 bridgehead atoms. The van der Waals surface area contributed by atoms with E-state index in [1.54, 1.807) is 0 Å². The van der Waals surface area contributed by atoms with E-state index >= 15 is 0 Å². The number of aliphatic hydroxyl groups excluding tert-OH is 4. The molecule has 0 amide bonds. The lowest BCUT2D eigenvalue weighted by Gasteiger charge is -2.52. The van der Waals surface area contributed by atoms with Crippen molar-refractivity contribution in [3.8, 4) is 0 Å². The smallest absolute Gasteiger partial charge is 0.184 e. The third-order valence-corrected chi connectivity index (χ3v) is 3.18. The standard InChI is InChI=1S/C9H19NO6/c1-8(15)9(10,2-3-11)7(14)6(13)5(4-12)16-8/h5-7,11-15H,2-4,10H2,1H3/t5-,6-,7+,8?,9-/m1/s1. The van der Waals surface area contributed by atoms with Gasteiger partial charge in [0.15, 0.2) is 5.79 Å². The van der Waals surface area contributed by atoms with E-state index < -0.39 is 36.2 Å². The van der Waals surface area contributed by atoms with E-state index in [0.29, 0.717) is 0 Å². The molecule has 0 radical (unpaired) electrons. The predicted octanol–water partition coefficient (Wildman–Crippen LogP) is -3.11. The van der Waals surface area contributed by atoms with Gasteiger partial charge < -0.3 is 36.0 Å². The number of aliphatic hydroxyl groups is 5. The lowest BCUT2D eigenvalue weighted by Crippen LogP contribution is -2.76. The normalized spacial score (nSPS) is 49.3. The maximum atomic E-state index is 9.97. The Labute approximate surface area is 93.1 Å².